The molecule has 0 saturated heterocycles. The van der Waals surface area contributed by atoms with Crippen LogP contribution >= 0.6 is 0 Å². The third kappa shape index (κ3) is 1.57. The largest absolute Gasteiger partial charge is 0.467 e. The van der Waals surface area contributed by atoms with E-state index >= 15 is 0 Å². The molecule has 0 aliphatic carbocycles. The maximum absolute atomic E-state index is 9.49. The fraction of sp³-hybridized carbons (Fsp3) is 0.571. The third-order valence-electron chi connectivity index (χ3n) is 1.57. The molecule has 2 unspecified atom stereocenters. The first-order valence-electron chi connectivity index (χ1n) is 3.59. The van der Waals surface area contributed by atoms with Crippen molar-refractivity contribution in [1.82, 2.24) is 5.16 Å². The average Bonchev–Trinajstić information content (AvgIpc) is 2.49. The van der Waals surface area contributed by atoms with E-state index in [4.69, 9.17) is 15.0 Å². The van der Waals surface area contributed by atoms with Crippen LogP contribution in [0.4, 0.5) is 0 Å². The van der Waals surface area contributed by atoms with Gasteiger partial charge in [-0.05, 0) is 6.92 Å². The number of aromatic nitrogens is 1. The molecule has 1 aromatic heterocycles. The Morgan fingerprint density at radius 1 is 1.75 bits per heavy atom. The molecule has 2 atom stereocenters. The van der Waals surface area contributed by atoms with Gasteiger partial charge in [0.2, 0.25) is 0 Å². The summed E-state index contributed by atoms with van der Waals surface area (Å²) in [6.07, 6.45) is 0.596. The number of ether oxygens (including phenoxy) is 1. The molecule has 12 heavy (non-hydrogen) atoms. The van der Waals surface area contributed by atoms with Crippen LogP contribution in [0, 0.1) is 0 Å². The molecular formula is C7H12N2O3. The first-order chi connectivity index (χ1) is 5.66. The monoisotopic (exact) mass is 172 g/mol. The van der Waals surface area contributed by atoms with Crippen LogP contribution in [0.1, 0.15) is 18.6 Å². The molecule has 0 bridgehead atoms. The van der Waals surface area contributed by atoms with Crippen molar-refractivity contribution in [3.8, 4) is 5.95 Å². The first-order valence-corrected chi connectivity index (χ1v) is 3.59. The Morgan fingerprint density at radius 3 is 2.92 bits per heavy atom. The van der Waals surface area contributed by atoms with Gasteiger partial charge < -0.3 is 20.1 Å². The normalized spacial score (nSPS) is 15.7. The van der Waals surface area contributed by atoms with Crippen molar-refractivity contribution in [3.05, 3.63) is 11.8 Å². The standard InChI is InChI=1S/C7H12N2O3/c1-4(8)6(10)5-3-9-12-7(5)11-2/h3-4,6,10H,8H2,1-2H3. The molecule has 0 aliphatic rings. The van der Waals surface area contributed by atoms with Crippen molar-refractivity contribution in [3.63, 3.8) is 0 Å². The topological polar surface area (TPSA) is 81.5 Å². The number of nitrogens with two attached hydrogens (primary N) is 1. The van der Waals surface area contributed by atoms with E-state index in [2.05, 4.69) is 5.16 Å². The zero-order valence-electron chi connectivity index (χ0n) is 7.02. The molecule has 0 aliphatic heterocycles. The van der Waals surface area contributed by atoms with E-state index in [1.54, 1.807) is 6.92 Å². The second-order valence-corrected chi connectivity index (χ2v) is 2.58. The predicted molar refractivity (Wildman–Crippen MR) is 41.7 cm³/mol. The number of aliphatic hydroxyl groups is 1. The van der Waals surface area contributed by atoms with Crippen LogP contribution in [0.3, 0.4) is 0 Å². The van der Waals surface area contributed by atoms with E-state index in [1.165, 1.54) is 13.3 Å². The Kier molecular flexibility index (Phi) is 2.67. The molecule has 0 fully saturated rings. The molecular weight excluding hydrogens is 160 g/mol. The second-order valence-electron chi connectivity index (χ2n) is 2.58. The summed E-state index contributed by atoms with van der Waals surface area (Å²) in [7, 11) is 1.44. The van der Waals surface area contributed by atoms with Crippen LogP contribution in [-0.2, 0) is 0 Å². The van der Waals surface area contributed by atoms with E-state index in [1.807, 2.05) is 0 Å². The predicted octanol–water partition coefficient (Wildman–Crippen LogP) is 0.0638. The Bertz CT molecular complexity index is 247. The van der Waals surface area contributed by atoms with Gasteiger partial charge in [-0.15, -0.1) is 0 Å². The van der Waals surface area contributed by atoms with Crippen molar-refractivity contribution in [1.29, 1.82) is 0 Å². The Morgan fingerprint density at radius 2 is 2.42 bits per heavy atom. The van der Waals surface area contributed by atoms with Gasteiger partial charge in [-0.2, -0.15) is 0 Å². The van der Waals surface area contributed by atoms with Gasteiger partial charge in [-0.1, -0.05) is 5.16 Å². The van der Waals surface area contributed by atoms with Gasteiger partial charge in [-0.25, -0.2) is 0 Å². The van der Waals surface area contributed by atoms with Crippen LogP contribution < -0.4 is 10.5 Å². The molecule has 0 amide bonds. The Labute approximate surface area is 70.1 Å². The van der Waals surface area contributed by atoms with Crippen molar-refractivity contribution in [2.45, 2.75) is 19.1 Å². The van der Waals surface area contributed by atoms with Gasteiger partial charge in [-0.3, -0.25) is 0 Å². The molecule has 1 aromatic rings. The van der Waals surface area contributed by atoms with E-state index in [0.717, 1.165) is 0 Å². The molecule has 5 nitrogen and oxygen atoms in total. The SMILES string of the molecule is COc1oncc1C(O)C(C)N. The average molecular weight is 172 g/mol. The molecule has 1 heterocycles. The fourth-order valence-corrected chi connectivity index (χ4v) is 0.872. The number of rotatable bonds is 3. The van der Waals surface area contributed by atoms with Crippen LogP contribution in [0.15, 0.2) is 10.7 Å². The Balaban J connectivity index is 2.86. The number of hydrogen-bond acceptors (Lipinski definition) is 5. The van der Waals surface area contributed by atoms with Crippen molar-refractivity contribution in [2.75, 3.05) is 7.11 Å². The van der Waals surface area contributed by atoms with Crippen molar-refractivity contribution >= 4 is 0 Å². The van der Waals surface area contributed by atoms with Gasteiger partial charge in [0.25, 0.3) is 0 Å². The lowest BCUT2D eigenvalue weighted by atomic mass is 10.1. The summed E-state index contributed by atoms with van der Waals surface area (Å²) in [5, 5.41) is 13.0. The summed E-state index contributed by atoms with van der Waals surface area (Å²) in [6.45, 7) is 1.69. The van der Waals surface area contributed by atoms with Gasteiger partial charge in [0, 0.05) is 6.04 Å². The third-order valence-corrected chi connectivity index (χ3v) is 1.57. The molecule has 0 saturated carbocycles. The maximum Gasteiger partial charge on any atom is 0.316 e. The van der Waals surface area contributed by atoms with Gasteiger partial charge in [0.05, 0.1) is 18.9 Å². The van der Waals surface area contributed by atoms with E-state index in [-0.39, 0.29) is 12.0 Å². The molecule has 0 radical (unpaired) electrons. The lowest BCUT2D eigenvalue weighted by molar-refractivity contribution is 0.145. The number of methoxy groups -OCH3 is 1. The van der Waals surface area contributed by atoms with Crippen LogP contribution in [0.5, 0.6) is 5.95 Å². The fourth-order valence-electron chi connectivity index (χ4n) is 0.872. The minimum absolute atomic E-state index is 0.208. The summed E-state index contributed by atoms with van der Waals surface area (Å²) >= 11 is 0. The lowest BCUT2D eigenvalue weighted by Crippen LogP contribution is -2.24. The lowest BCUT2D eigenvalue weighted by Gasteiger charge is -2.12. The number of hydrogen-bond donors (Lipinski definition) is 2. The van der Waals surface area contributed by atoms with Crippen LogP contribution in [0.25, 0.3) is 0 Å². The zero-order chi connectivity index (χ0) is 9.14. The quantitative estimate of drug-likeness (QED) is 0.674. The highest BCUT2D eigenvalue weighted by Gasteiger charge is 2.20. The summed E-state index contributed by atoms with van der Waals surface area (Å²) in [6, 6.07) is -0.377. The number of aliphatic hydroxyl groups excluding tert-OH is 1. The molecule has 1 rings (SSSR count). The second kappa shape index (κ2) is 3.55. The zero-order valence-corrected chi connectivity index (χ0v) is 7.02. The van der Waals surface area contributed by atoms with E-state index in [9.17, 15) is 5.11 Å². The van der Waals surface area contributed by atoms with Crippen molar-refractivity contribution < 1.29 is 14.4 Å². The molecule has 5 heteroatoms. The highest BCUT2D eigenvalue weighted by molar-refractivity contribution is 5.23. The smallest absolute Gasteiger partial charge is 0.316 e. The van der Waals surface area contributed by atoms with Crippen LogP contribution in [-0.4, -0.2) is 23.4 Å². The highest BCUT2D eigenvalue weighted by Crippen LogP contribution is 2.25. The molecule has 0 aromatic carbocycles. The van der Waals surface area contributed by atoms with E-state index < -0.39 is 6.10 Å². The van der Waals surface area contributed by atoms with Gasteiger partial charge in [0.1, 0.15) is 6.10 Å². The maximum atomic E-state index is 9.49. The highest BCUT2D eigenvalue weighted by atomic mass is 16.6. The van der Waals surface area contributed by atoms with E-state index in [0.29, 0.717) is 5.56 Å². The van der Waals surface area contributed by atoms with Crippen LogP contribution in [0.2, 0.25) is 0 Å². The number of nitrogens with zero attached hydrogens (tertiary/aromatic N) is 1. The minimum atomic E-state index is -0.800. The summed E-state index contributed by atoms with van der Waals surface area (Å²) < 4.78 is 9.51. The minimum Gasteiger partial charge on any atom is -0.467 e. The summed E-state index contributed by atoms with van der Waals surface area (Å²) in [4.78, 5) is 0. The van der Waals surface area contributed by atoms with Crippen molar-refractivity contribution in [2.24, 2.45) is 5.73 Å². The molecule has 68 valence electrons. The Hall–Kier alpha value is -1.07. The van der Waals surface area contributed by atoms with Gasteiger partial charge in [0.15, 0.2) is 0 Å². The molecule has 3 N–H and O–H groups in total. The first kappa shape index (κ1) is 9.02. The van der Waals surface area contributed by atoms with Gasteiger partial charge >= 0.3 is 5.95 Å². The molecule has 0 spiro atoms. The summed E-state index contributed by atoms with van der Waals surface area (Å²) in [5.41, 5.74) is 5.95. The summed E-state index contributed by atoms with van der Waals surface area (Å²) in [5.74, 6) is 0.208.